The van der Waals surface area contributed by atoms with E-state index in [1.807, 2.05) is 13.8 Å². The molecule has 0 spiro atoms. The van der Waals surface area contributed by atoms with Crippen LogP contribution in [0.3, 0.4) is 0 Å². The zero-order chi connectivity index (χ0) is 16.4. The van der Waals surface area contributed by atoms with E-state index in [4.69, 9.17) is 9.84 Å². The van der Waals surface area contributed by atoms with Crippen LogP contribution in [0.5, 0.6) is 0 Å². The van der Waals surface area contributed by atoms with Crippen molar-refractivity contribution in [1.82, 2.24) is 10.2 Å². The molecule has 1 atom stereocenters. The van der Waals surface area contributed by atoms with E-state index in [0.29, 0.717) is 25.6 Å². The third-order valence-corrected chi connectivity index (χ3v) is 3.23. The van der Waals surface area contributed by atoms with Crippen molar-refractivity contribution < 1.29 is 19.4 Å². The van der Waals surface area contributed by atoms with Gasteiger partial charge in [-0.3, -0.25) is 4.79 Å². The Hall–Kier alpha value is -1.30. The van der Waals surface area contributed by atoms with Gasteiger partial charge in [-0.05, 0) is 32.1 Å². The molecule has 0 aromatic heterocycles. The Bertz CT molecular complexity index is 319. The number of carboxylic acids is 1. The summed E-state index contributed by atoms with van der Waals surface area (Å²) in [6.07, 6.45) is 0.866. The largest absolute Gasteiger partial charge is 0.481 e. The van der Waals surface area contributed by atoms with Crippen molar-refractivity contribution >= 4 is 12.0 Å². The average Bonchev–Trinajstić information content (AvgIpc) is 2.34. The molecule has 0 saturated carbocycles. The Morgan fingerprint density at radius 1 is 1.24 bits per heavy atom. The van der Waals surface area contributed by atoms with E-state index < -0.39 is 5.97 Å². The standard InChI is InChI=1S/C15H30N2O4/c1-11(2)8-13(9-14(18)19)10-16-15(20)17(12(3)4)6-7-21-5/h11-13H,6-10H2,1-5H3,(H,16,20)(H,18,19)/t13-/m0/s1. The van der Waals surface area contributed by atoms with Crippen LogP contribution in [-0.2, 0) is 9.53 Å². The minimum atomic E-state index is -0.824. The lowest BCUT2D eigenvalue weighted by Gasteiger charge is -2.28. The third kappa shape index (κ3) is 9.28. The van der Waals surface area contributed by atoms with Crippen molar-refractivity contribution in [1.29, 1.82) is 0 Å². The lowest BCUT2D eigenvalue weighted by atomic mass is 9.94. The molecule has 0 unspecified atom stereocenters. The van der Waals surface area contributed by atoms with Gasteiger partial charge in [0.15, 0.2) is 0 Å². The molecular formula is C15H30N2O4. The molecule has 21 heavy (non-hydrogen) atoms. The number of hydrogen-bond donors (Lipinski definition) is 2. The molecule has 6 nitrogen and oxygen atoms in total. The van der Waals surface area contributed by atoms with E-state index in [1.54, 1.807) is 12.0 Å². The maximum absolute atomic E-state index is 12.2. The van der Waals surface area contributed by atoms with E-state index in [9.17, 15) is 9.59 Å². The molecule has 0 bridgehead atoms. The molecule has 0 aliphatic carbocycles. The molecule has 0 rings (SSSR count). The van der Waals surface area contributed by atoms with Gasteiger partial charge in [-0.15, -0.1) is 0 Å². The van der Waals surface area contributed by atoms with E-state index in [2.05, 4.69) is 19.2 Å². The van der Waals surface area contributed by atoms with Crippen LogP contribution in [0, 0.1) is 11.8 Å². The number of urea groups is 1. The number of carboxylic acid groups (broad SMARTS) is 1. The van der Waals surface area contributed by atoms with Gasteiger partial charge in [0.1, 0.15) is 0 Å². The minimum Gasteiger partial charge on any atom is -0.481 e. The number of nitrogens with zero attached hydrogens (tertiary/aromatic N) is 1. The Labute approximate surface area is 127 Å². The molecular weight excluding hydrogens is 272 g/mol. The molecule has 0 aromatic carbocycles. The summed E-state index contributed by atoms with van der Waals surface area (Å²) < 4.78 is 5.00. The highest BCUT2D eigenvalue weighted by molar-refractivity contribution is 5.74. The lowest BCUT2D eigenvalue weighted by Crippen LogP contribution is -2.46. The first-order valence-electron chi connectivity index (χ1n) is 7.53. The fourth-order valence-corrected chi connectivity index (χ4v) is 2.27. The average molecular weight is 302 g/mol. The smallest absolute Gasteiger partial charge is 0.317 e. The van der Waals surface area contributed by atoms with Crippen LogP contribution in [0.2, 0.25) is 0 Å². The Kier molecular flexibility index (Phi) is 9.78. The Balaban J connectivity index is 4.45. The maximum atomic E-state index is 12.2. The van der Waals surface area contributed by atoms with Crippen LogP contribution in [0.4, 0.5) is 4.79 Å². The molecule has 0 saturated heterocycles. The zero-order valence-corrected chi connectivity index (χ0v) is 13.9. The van der Waals surface area contributed by atoms with Gasteiger partial charge in [0, 0.05) is 32.7 Å². The summed E-state index contributed by atoms with van der Waals surface area (Å²) in [6, 6.07) is -0.0932. The van der Waals surface area contributed by atoms with E-state index in [-0.39, 0.29) is 24.4 Å². The zero-order valence-electron chi connectivity index (χ0n) is 13.9. The third-order valence-electron chi connectivity index (χ3n) is 3.23. The van der Waals surface area contributed by atoms with E-state index >= 15 is 0 Å². The Morgan fingerprint density at radius 2 is 1.86 bits per heavy atom. The fourth-order valence-electron chi connectivity index (χ4n) is 2.27. The summed E-state index contributed by atoms with van der Waals surface area (Å²) in [5, 5.41) is 11.8. The van der Waals surface area contributed by atoms with Gasteiger partial charge in [0.25, 0.3) is 0 Å². The SMILES string of the molecule is COCCN(C(=O)NC[C@H](CC(=O)O)CC(C)C)C(C)C. The molecule has 0 heterocycles. The number of ether oxygens (including phenoxy) is 1. The predicted molar refractivity (Wildman–Crippen MR) is 82.3 cm³/mol. The van der Waals surface area contributed by atoms with Gasteiger partial charge < -0.3 is 20.1 Å². The number of aliphatic carboxylic acids is 1. The van der Waals surface area contributed by atoms with Crippen LogP contribution in [0.15, 0.2) is 0 Å². The number of nitrogens with one attached hydrogen (secondary N) is 1. The first kappa shape index (κ1) is 19.7. The minimum absolute atomic E-state index is 0.0390. The molecule has 0 aliphatic rings. The molecule has 0 aromatic rings. The van der Waals surface area contributed by atoms with Crippen molar-refractivity contribution in [3.63, 3.8) is 0 Å². The highest BCUT2D eigenvalue weighted by atomic mass is 16.5. The Morgan fingerprint density at radius 3 is 2.29 bits per heavy atom. The summed E-state index contributed by atoms with van der Waals surface area (Å²) in [4.78, 5) is 24.7. The van der Waals surface area contributed by atoms with Gasteiger partial charge in [-0.2, -0.15) is 0 Å². The van der Waals surface area contributed by atoms with Gasteiger partial charge >= 0.3 is 12.0 Å². The van der Waals surface area contributed by atoms with Crippen LogP contribution in [0.25, 0.3) is 0 Å². The van der Waals surface area contributed by atoms with Gasteiger partial charge in [-0.25, -0.2) is 4.79 Å². The van der Waals surface area contributed by atoms with Crippen LogP contribution >= 0.6 is 0 Å². The summed E-state index contributed by atoms with van der Waals surface area (Å²) >= 11 is 0. The second kappa shape index (κ2) is 10.4. The van der Waals surface area contributed by atoms with Crippen LogP contribution in [-0.4, -0.2) is 54.9 Å². The monoisotopic (exact) mass is 302 g/mol. The van der Waals surface area contributed by atoms with Crippen molar-refractivity contribution in [2.75, 3.05) is 26.8 Å². The van der Waals surface area contributed by atoms with E-state index in [0.717, 1.165) is 6.42 Å². The summed E-state index contributed by atoms with van der Waals surface area (Å²) in [5.74, 6) is -0.459. The first-order chi connectivity index (χ1) is 9.77. The van der Waals surface area contributed by atoms with Gasteiger partial charge in [0.2, 0.25) is 0 Å². The molecule has 2 N–H and O–H groups in total. The van der Waals surface area contributed by atoms with Gasteiger partial charge in [-0.1, -0.05) is 13.8 Å². The normalized spacial score (nSPS) is 12.5. The van der Waals surface area contributed by atoms with Crippen LogP contribution < -0.4 is 5.32 Å². The van der Waals surface area contributed by atoms with E-state index in [1.165, 1.54) is 0 Å². The fraction of sp³-hybridized carbons (Fsp3) is 0.867. The molecule has 0 aliphatic heterocycles. The number of hydrogen-bond acceptors (Lipinski definition) is 3. The van der Waals surface area contributed by atoms with Crippen molar-refractivity contribution in [2.45, 2.75) is 46.6 Å². The number of methoxy groups -OCH3 is 1. The first-order valence-corrected chi connectivity index (χ1v) is 7.53. The molecule has 124 valence electrons. The second-order valence-corrected chi connectivity index (χ2v) is 6.06. The highest BCUT2D eigenvalue weighted by Crippen LogP contribution is 2.15. The maximum Gasteiger partial charge on any atom is 0.317 e. The summed E-state index contributed by atoms with van der Waals surface area (Å²) in [6.45, 7) is 9.38. The summed E-state index contributed by atoms with van der Waals surface area (Å²) in [7, 11) is 1.60. The lowest BCUT2D eigenvalue weighted by molar-refractivity contribution is -0.138. The number of amides is 2. The molecule has 0 radical (unpaired) electrons. The second-order valence-electron chi connectivity index (χ2n) is 6.06. The highest BCUT2D eigenvalue weighted by Gasteiger charge is 2.20. The number of carbonyl (C=O) groups excluding carboxylic acids is 1. The molecule has 6 heteroatoms. The topological polar surface area (TPSA) is 78.9 Å². The van der Waals surface area contributed by atoms with Crippen molar-refractivity contribution in [3.8, 4) is 0 Å². The number of rotatable bonds is 10. The molecule has 2 amide bonds. The van der Waals surface area contributed by atoms with Crippen molar-refractivity contribution in [2.24, 2.45) is 11.8 Å². The van der Waals surface area contributed by atoms with Crippen molar-refractivity contribution in [3.05, 3.63) is 0 Å². The predicted octanol–water partition coefficient (Wildman–Crippen LogP) is 2.19. The van der Waals surface area contributed by atoms with Crippen LogP contribution in [0.1, 0.15) is 40.5 Å². The molecule has 0 fully saturated rings. The van der Waals surface area contributed by atoms with Gasteiger partial charge in [0.05, 0.1) is 6.61 Å². The number of carbonyl (C=O) groups is 2. The quantitative estimate of drug-likeness (QED) is 0.648. The summed E-state index contributed by atoms with van der Waals surface area (Å²) in [5.41, 5.74) is 0.